The number of aromatic hydroxyl groups is 1. The van der Waals surface area contributed by atoms with Crippen LogP contribution in [0.4, 0.5) is 0 Å². The van der Waals surface area contributed by atoms with Crippen molar-refractivity contribution in [1.82, 2.24) is 0 Å². The Kier molecular flexibility index (Phi) is 2.56. The van der Waals surface area contributed by atoms with Crippen LogP contribution >= 0.6 is 11.3 Å². The molecule has 0 atom stereocenters. The minimum Gasteiger partial charge on any atom is -0.508 e. The Labute approximate surface area is 91.8 Å². The van der Waals surface area contributed by atoms with Crippen LogP contribution in [0.25, 0.3) is 10.4 Å². The lowest BCUT2D eigenvalue weighted by molar-refractivity contribution is 0.112. The Balaban J connectivity index is 2.44. The molecule has 3 heteroatoms. The largest absolute Gasteiger partial charge is 0.508 e. The smallest absolute Gasteiger partial charge is 0.160 e. The number of benzene rings is 1. The molecule has 2 nitrogen and oxygen atoms in total. The van der Waals surface area contributed by atoms with E-state index in [0.29, 0.717) is 5.75 Å². The van der Waals surface area contributed by atoms with Crippen molar-refractivity contribution in [3.63, 3.8) is 0 Å². The summed E-state index contributed by atoms with van der Waals surface area (Å²) in [5.74, 6) is 0.297. The first kappa shape index (κ1) is 9.93. The Bertz CT molecular complexity index is 500. The molecule has 0 unspecified atom stereocenters. The van der Waals surface area contributed by atoms with Gasteiger partial charge in [0.1, 0.15) is 5.75 Å². The lowest BCUT2D eigenvalue weighted by Gasteiger charge is -2.01. The van der Waals surface area contributed by atoms with E-state index in [1.807, 2.05) is 25.1 Å². The molecule has 0 saturated carbocycles. The molecule has 76 valence electrons. The van der Waals surface area contributed by atoms with E-state index in [1.165, 1.54) is 11.3 Å². The summed E-state index contributed by atoms with van der Waals surface area (Å²) in [6, 6.07) is 9.15. The predicted molar refractivity (Wildman–Crippen MR) is 61.5 cm³/mol. The molecule has 1 N–H and O–H groups in total. The van der Waals surface area contributed by atoms with E-state index in [-0.39, 0.29) is 0 Å². The molecule has 0 aliphatic rings. The van der Waals surface area contributed by atoms with Crippen LogP contribution in [-0.2, 0) is 0 Å². The fraction of sp³-hybridized carbons (Fsp3) is 0.0833. The topological polar surface area (TPSA) is 37.3 Å². The van der Waals surface area contributed by atoms with E-state index in [0.717, 1.165) is 27.2 Å². The summed E-state index contributed by atoms with van der Waals surface area (Å²) in [5.41, 5.74) is 1.87. The number of phenolic OH excluding ortho intramolecular Hbond substituents is 1. The summed E-state index contributed by atoms with van der Waals surface area (Å²) in [6.07, 6.45) is 0.849. The second-order valence-corrected chi connectivity index (χ2v) is 4.44. The maximum atomic E-state index is 10.5. The molecule has 0 aliphatic carbocycles. The van der Waals surface area contributed by atoms with Crippen molar-refractivity contribution < 1.29 is 9.90 Å². The standard InChI is InChI=1S/C12H10O2S/c1-8-6-9(2-4-11(8)14)12-5-3-10(7-13)15-12/h2-7,14H,1H3. The Morgan fingerprint density at radius 2 is 2.07 bits per heavy atom. The van der Waals surface area contributed by atoms with Gasteiger partial charge in [-0.25, -0.2) is 0 Å². The van der Waals surface area contributed by atoms with Crippen molar-refractivity contribution in [3.05, 3.63) is 40.8 Å². The lowest BCUT2D eigenvalue weighted by atomic mass is 10.1. The van der Waals surface area contributed by atoms with Gasteiger partial charge in [-0.2, -0.15) is 0 Å². The van der Waals surface area contributed by atoms with Crippen molar-refractivity contribution in [1.29, 1.82) is 0 Å². The van der Waals surface area contributed by atoms with Gasteiger partial charge in [0.25, 0.3) is 0 Å². The van der Waals surface area contributed by atoms with Gasteiger partial charge in [-0.1, -0.05) is 0 Å². The number of aryl methyl sites for hydroxylation is 1. The zero-order valence-corrected chi connectivity index (χ0v) is 9.04. The van der Waals surface area contributed by atoms with Crippen LogP contribution in [0.3, 0.4) is 0 Å². The van der Waals surface area contributed by atoms with E-state index in [4.69, 9.17) is 0 Å². The van der Waals surface area contributed by atoms with E-state index in [9.17, 15) is 9.90 Å². The van der Waals surface area contributed by atoms with Crippen LogP contribution < -0.4 is 0 Å². The molecule has 0 fully saturated rings. The molecular formula is C12H10O2S. The van der Waals surface area contributed by atoms with Gasteiger partial charge in [0.2, 0.25) is 0 Å². The van der Waals surface area contributed by atoms with Gasteiger partial charge in [0.05, 0.1) is 4.88 Å². The van der Waals surface area contributed by atoms with Crippen LogP contribution in [0.1, 0.15) is 15.2 Å². The first-order valence-electron chi connectivity index (χ1n) is 4.55. The van der Waals surface area contributed by atoms with Crippen molar-refractivity contribution in [2.45, 2.75) is 6.92 Å². The van der Waals surface area contributed by atoms with Crippen LogP contribution in [0.15, 0.2) is 30.3 Å². The van der Waals surface area contributed by atoms with E-state index in [2.05, 4.69) is 0 Å². The van der Waals surface area contributed by atoms with Gasteiger partial charge >= 0.3 is 0 Å². The molecule has 2 rings (SSSR count). The average molecular weight is 218 g/mol. The van der Waals surface area contributed by atoms with Gasteiger partial charge in [-0.15, -0.1) is 11.3 Å². The number of hydrogen-bond donors (Lipinski definition) is 1. The highest BCUT2D eigenvalue weighted by Crippen LogP contribution is 2.30. The number of phenols is 1. The average Bonchev–Trinajstić information content (AvgIpc) is 2.70. The summed E-state index contributed by atoms with van der Waals surface area (Å²) < 4.78 is 0. The minimum atomic E-state index is 0.297. The third kappa shape index (κ3) is 1.92. The molecule has 1 aromatic heterocycles. The second-order valence-electron chi connectivity index (χ2n) is 3.32. The minimum absolute atomic E-state index is 0.297. The highest BCUT2D eigenvalue weighted by atomic mass is 32.1. The summed E-state index contributed by atoms with van der Waals surface area (Å²) in [7, 11) is 0. The van der Waals surface area contributed by atoms with Crippen LogP contribution in [0.5, 0.6) is 5.75 Å². The Hall–Kier alpha value is -1.61. The lowest BCUT2D eigenvalue weighted by Crippen LogP contribution is -1.76. The van der Waals surface area contributed by atoms with Gasteiger partial charge in [-0.05, 0) is 48.4 Å². The molecule has 0 amide bonds. The van der Waals surface area contributed by atoms with E-state index < -0.39 is 0 Å². The maximum Gasteiger partial charge on any atom is 0.160 e. The number of carbonyl (C=O) groups is 1. The maximum absolute atomic E-state index is 10.5. The van der Waals surface area contributed by atoms with Crippen LogP contribution in [0.2, 0.25) is 0 Å². The highest BCUT2D eigenvalue weighted by molar-refractivity contribution is 7.17. The number of carbonyl (C=O) groups excluding carboxylic acids is 1. The van der Waals surface area contributed by atoms with Gasteiger partial charge in [0.15, 0.2) is 6.29 Å². The van der Waals surface area contributed by atoms with Crippen molar-refractivity contribution in [3.8, 4) is 16.2 Å². The Morgan fingerprint density at radius 3 is 2.67 bits per heavy atom. The fourth-order valence-electron chi connectivity index (χ4n) is 1.38. The molecule has 0 aliphatic heterocycles. The monoisotopic (exact) mass is 218 g/mol. The molecule has 1 heterocycles. The zero-order chi connectivity index (χ0) is 10.8. The first-order chi connectivity index (χ1) is 7.20. The molecule has 0 radical (unpaired) electrons. The van der Waals surface area contributed by atoms with Crippen molar-refractivity contribution >= 4 is 17.6 Å². The van der Waals surface area contributed by atoms with Crippen LogP contribution in [0, 0.1) is 6.92 Å². The second kappa shape index (κ2) is 3.87. The third-order valence-electron chi connectivity index (χ3n) is 2.22. The van der Waals surface area contributed by atoms with Gasteiger partial charge < -0.3 is 5.11 Å². The van der Waals surface area contributed by atoms with Gasteiger partial charge in [0, 0.05) is 4.88 Å². The van der Waals surface area contributed by atoms with E-state index in [1.54, 1.807) is 12.1 Å². The molecule has 0 spiro atoms. The van der Waals surface area contributed by atoms with Crippen molar-refractivity contribution in [2.24, 2.45) is 0 Å². The third-order valence-corrected chi connectivity index (χ3v) is 3.28. The normalized spacial score (nSPS) is 10.2. The fourth-order valence-corrected chi connectivity index (χ4v) is 2.20. The van der Waals surface area contributed by atoms with E-state index >= 15 is 0 Å². The molecule has 15 heavy (non-hydrogen) atoms. The predicted octanol–water partition coefficient (Wildman–Crippen LogP) is 3.24. The Morgan fingerprint density at radius 1 is 1.27 bits per heavy atom. The molecule has 0 saturated heterocycles. The number of hydrogen-bond acceptors (Lipinski definition) is 3. The molecule has 1 aromatic carbocycles. The number of rotatable bonds is 2. The van der Waals surface area contributed by atoms with Gasteiger partial charge in [-0.3, -0.25) is 4.79 Å². The van der Waals surface area contributed by atoms with Crippen LogP contribution in [-0.4, -0.2) is 11.4 Å². The summed E-state index contributed by atoms with van der Waals surface area (Å²) in [4.78, 5) is 12.3. The number of thiophene rings is 1. The SMILES string of the molecule is Cc1cc(-c2ccc(C=O)s2)ccc1O. The summed E-state index contributed by atoms with van der Waals surface area (Å²) in [6.45, 7) is 1.85. The molecule has 2 aromatic rings. The zero-order valence-electron chi connectivity index (χ0n) is 8.23. The quantitative estimate of drug-likeness (QED) is 0.786. The highest BCUT2D eigenvalue weighted by Gasteiger charge is 2.04. The summed E-state index contributed by atoms with van der Waals surface area (Å²) >= 11 is 1.45. The van der Waals surface area contributed by atoms with Crippen molar-refractivity contribution in [2.75, 3.05) is 0 Å². The summed E-state index contributed by atoms with van der Waals surface area (Å²) in [5, 5.41) is 9.39. The molecule has 0 bridgehead atoms. The number of aldehydes is 1. The molecular weight excluding hydrogens is 208 g/mol. The first-order valence-corrected chi connectivity index (χ1v) is 5.37.